The third-order valence-electron chi connectivity index (χ3n) is 2.80. The molecule has 122 valence electrons. The summed E-state index contributed by atoms with van der Waals surface area (Å²) in [6, 6.07) is 8.01. The smallest absolute Gasteiger partial charge is 0.408 e. The Kier molecular flexibility index (Phi) is 6.55. The van der Waals surface area contributed by atoms with Gasteiger partial charge in [0.2, 0.25) is 5.91 Å². The number of nitrogens with one attached hydrogen (secondary N) is 2. The van der Waals surface area contributed by atoms with Crippen LogP contribution in [-0.4, -0.2) is 33.6 Å². The van der Waals surface area contributed by atoms with Crippen LogP contribution in [0, 0.1) is 0 Å². The van der Waals surface area contributed by atoms with Crippen LogP contribution in [0.5, 0.6) is 0 Å². The Bertz CT molecular complexity index is 559. The minimum atomic E-state index is -4.41. The maximum atomic E-state index is 11.7. The Balaban J connectivity index is 2.40. The number of carbonyl (C=O) groups excluding carboxylic acids is 2. The fourth-order valence-electron chi connectivity index (χ4n) is 1.42. The van der Waals surface area contributed by atoms with E-state index in [1.807, 2.05) is 6.07 Å². The topological polar surface area (TPSA) is 125 Å². The molecule has 0 saturated carbocycles. The Morgan fingerprint density at radius 2 is 1.77 bits per heavy atom. The second-order valence-electron chi connectivity index (χ2n) is 4.70. The van der Waals surface area contributed by atoms with Gasteiger partial charge in [0, 0.05) is 0 Å². The van der Waals surface area contributed by atoms with Crippen molar-refractivity contribution < 1.29 is 28.7 Å². The number of amides is 2. The fourth-order valence-corrected chi connectivity index (χ4v) is 1.72. The summed E-state index contributed by atoms with van der Waals surface area (Å²) < 4.78 is 15.9. The summed E-state index contributed by atoms with van der Waals surface area (Å²) in [5.41, 5.74) is 0.796. The molecule has 0 aliphatic heterocycles. The summed E-state index contributed by atoms with van der Waals surface area (Å²) >= 11 is 0. The van der Waals surface area contributed by atoms with Crippen LogP contribution in [0.15, 0.2) is 30.3 Å². The molecule has 9 heteroatoms. The summed E-state index contributed by atoms with van der Waals surface area (Å²) in [7, 11) is -4.41. The van der Waals surface area contributed by atoms with Crippen molar-refractivity contribution >= 4 is 19.6 Å². The van der Waals surface area contributed by atoms with E-state index in [1.54, 1.807) is 24.3 Å². The molecular weight excluding hydrogens is 311 g/mol. The van der Waals surface area contributed by atoms with Crippen LogP contribution in [0.1, 0.15) is 19.4 Å². The van der Waals surface area contributed by atoms with Crippen LogP contribution in [0.3, 0.4) is 0 Å². The second-order valence-corrected chi connectivity index (χ2v) is 6.65. The molecule has 22 heavy (non-hydrogen) atoms. The van der Waals surface area contributed by atoms with E-state index in [0.29, 0.717) is 0 Å². The van der Waals surface area contributed by atoms with Gasteiger partial charge in [-0.2, -0.15) is 0 Å². The number of hydrogen-bond acceptors (Lipinski definition) is 4. The van der Waals surface area contributed by atoms with Crippen molar-refractivity contribution in [2.45, 2.75) is 32.3 Å². The monoisotopic (exact) mass is 330 g/mol. The van der Waals surface area contributed by atoms with E-state index >= 15 is 0 Å². The largest absolute Gasteiger partial charge is 0.445 e. The van der Waals surface area contributed by atoms with Crippen molar-refractivity contribution in [2.75, 3.05) is 0 Å². The van der Waals surface area contributed by atoms with E-state index in [0.717, 1.165) is 5.56 Å². The standard InChI is InChI=1S/C13H19N2O6P/c1-9(12(16)15-10(2)22(18,19)20)14-13(17)21-8-11-6-4-3-5-7-11/h3-7,9-10H,8H2,1-2H3,(H,14,17)(H,15,16)(H2,18,19,20)/t9-,10+/m0/s1. The lowest BCUT2D eigenvalue weighted by atomic mass is 10.2. The maximum absolute atomic E-state index is 11.7. The van der Waals surface area contributed by atoms with Gasteiger partial charge >= 0.3 is 13.7 Å². The molecule has 0 saturated heterocycles. The SMILES string of the molecule is C[C@H](NC(=O)OCc1ccccc1)C(=O)N[C@@H](C)P(=O)(O)O. The number of carbonyl (C=O) groups is 2. The van der Waals surface area contributed by atoms with Crippen LogP contribution < -0.4 is 10.6 Å². The van der Waals surface area contributed by atoms with Gasteiger partial charge in [0.1, 0.15) is 18.4 Å². The van der Waals surface area contributed by atoms with Crippen LogP contribution >= 0.6 is 7.60 Å². The van der Waals surface area contributed by atoms with E-state index in [9.17, 15) is 14.2 Å². The first-order valence-electron chi connectivity index (χ1n) is 6.53. The van der Waals surface area contributed by atoms with Crippen molar-refractivity contribution in [1.82, 2.24) is 10.6 Å². The van der Waals surface area contributed by atoms with Gasteiger partial charge in [-0.05, 0) is 19.4 Å². The first-order chi connectivity index (χ1) is 10.2. The molecule has 8 nitrogen and oxygen atoms in total. The molecule has 4 N–H and O–H groups in total. The summed E-state index contributed by atoms with van der Waals surface area (Å²) in [5.74, 6) is -2.04. The average Bonchev–Trinajstić information content (AvgIpc) is 2.45. The molecule has 0 heterocycles. The first-order valence-corrected chi connectivity index (χ1v) is 8.21. The minimum absolute atomic E-state index is 0.0555. The molecule has 0 bridgehead atoms. The number of benzene rings is 1. The number of hydrogen-bond donors (Lipinski definition) is 4. The van der Waals surface area contributed by atoms with E-state index in [4.69, 9.17) is 14.5 Å². The molecule has 0 fully saturated rings. The van der Waals surface area contributed by atoms with Crippen molar-refractivity contribution in [3.8, 4) is 0 Å². The highest BCUT2D eigenvalue weighted by molar-refractivity contribution is 7.52. The highest BCUT2D eigenvalue weighted by Crippen LogP contribution is 2.39. The highest BCUT2D eigenvalue weighted by Gasteiger charge is 2.27. The van der Waals surface area contributed by atoms with E-state index in [1.165, 1.54) is 13.8 Å². The quantitative estimate of drug-likeness (QED) is 0.575. The van der Waals surface area contributed by atoms with Crippen molar-refractivity contribution in [1.29, 1.82) is 0 Å². The van der Waals surface area contributed by atoms with E-state index < -0.39 is 31.4 Å². The average molecular weight is 330 g/mol. The lowest BCUT2D eigenvalue weighted by molar-refractivity contribution is -0.122. The molecule has 0 aliphatic rings. The number of rotatable bonds is 6. The summed E-state index contributed by atoms with van der Waals surface area (Å²) in [5, 5.41) is 4.41. The molecule has 2 atom stereocenters. The normalized spacial score (nSPS) is 13.8. The summed E-state index contributed by atoms with van der Waals surface area (Å²) in [6.07, 6.45) is -0.796. The van der Waals surface area contributed by atoms with E-state index in [-0.39, 0.29) is 6.61 Å². The molecule has 2 amide bonds. The zero-order chi connectivity index (χ0) is 16.8. The van der Waals surface area contributed by atoms with Gasteiger partial charge in [-0.15, -0.1) is 0 Å². The molecule has 0 unspecified atom stereocenters. The predicted octanol–water partition coefficient (Wildman–Crippen LogP) is 0.941. The van der Waals surface area contributed by atoms with Crippen LogP contribution in [0.4, 0.5) is 4.79 Å². The second kappa shape index (κ2) is 7.93. The number of alkyl carbamates (subject to hydrolysis) is 1. The highest BCUT2D eigenvalue weighted by atomic mass is 31.2. The van der Waals surface area contributed by atoms with Gasteiger partial charge in [-0.25, -0.2) is 4.79 Å². The Morgan fingerprint density at radius 1 is 1.18 bits per heavy atom. The minimum Gasteiger partial charge on any atom is -0.445 e. The van der Waals surface area contributed by atoms with E-state index in [2.05, 4.69) is 10.6 Å². The van der Waals surface area contributed by atoms with Crippen LogP contribution in [0.2, 0.25) is 0 Å². The fraction of sp³-hybridized carbons (Fsp3) is 0.385. The lowest BCUT2D eigenvalue weighted by Crippen LogP contribution is -2.47. The molecule has 1 aromatic carbocycles. The summed E-state index contributed by atoms with van der Waals surface area (Å²) in [6.45, 7) is 2.62. The third kappa shape index (κ3) is 6.26. The van der Waals surface area contributed by atoms with Gasteiger partial charge in [0.05, 0.1) is 0 Å². The lowest BCUT2D eigenvalue weighted by Gasteiger charge is -2.19. The molecule has 0 aromatic heterocycles. The number of ether oxygens (including phenoxy) is 1. The van der Waals surface area contributed by atoms with Gasteiger partial charge in [0.25, 0.3) is 0 Å². The van der Waals surface area contributed by atoms with Gasteiger partial charge in [-0.1, -0.05) is 30.3 Å². The Morgan fingerprint density at radius 3 is 2.32 bits per heavy atom. The molecule has 1 rings (SSSR count). The Hall–Kier alpha value is -1.89. The van der Waals surface area contributed by atoms with Gasteiger partial charge in [-0.3, -0.25) is 9.36 Å². The van der Waals surface area contributed by atoms with Crippen LogP contribution in [-0.2, 0) is 20.7 Å². The molecule has 0 aliphatic carbocycles. The van der Waals surface area contributed by atoms with Crippen molar-refractivity contribution in [3.05, 3.63) is 35.9 Å². The first kappa shape index (κ1) is 18.2. The molecule has 0 radical (unpaired) electrons. The zero-order valence-corrected chi connectivity index (χ0v) is 13.1. The molecule has 0 spiro atoms. The third-order valence-corrected chi connectivity index (χ3v) is 3.93. The Labute approximate surface area is 128 Å². The van der Waals surface area contributed by atoms with Crippen LogP contribution in [0.25, 0.3) is 0 Å². The molecule has 1 aromatic rings. The van der Waals surface area contributed by atoms with Gasteiger partial charge < -0.3 is 25.2 Å². The zero-order valence-electron chi connectivity index (χ0n) is 12.2. The van der Waals surface area contributed by atoms with Gasteiger partial charge in [0.15, 0.2) is 0 Å². The molecular formula is C13H19N2O6P. The van der Waals surface area contributed by atoms with Crippen molar-refractivity contribution in [2.24, 2.45) is 0 Å². The maximum Gasteiger partial charge on any atom is 0.408 e. The summed E-state index contributed by atoms with van der Waals surface area (Å²) in [4.78, 5) is 41.0. The van der Waals surface area contributed by atoms with Crippen molar-refractivity contribution in [3.63, 3.8) is 0 Å². The predicted molar refractivity (Wildman–Crippen MR) is 78.9 cm³/mol.